The second-order valence-corrected chi connectivity index (χ2v) is 23.6. The molecule has 1 aromatic carbocycles. The predicted molar refractivity (Wildman–Crippen MR) is 80.5 cm³/mol. The Morgan fingerprint density at radius 2 is 1.05 bits per heavy atom. The number of nitrogens with zero attached hydrogens (tertiary/aromatic N) is 2. The van der Waals surface area contributed by atoms with Gasteiger partial charge in [-0.05, 0) is 12.1 Å². The van der Waals surface area contributed by atoms with Crippen molar-refractivity contribution in [2.75, 3.05) is 0 Å². The molecule has 3 aromatic rings. The second-order valence-electron chi connectivity index (χ2n) is 3.60. The molecule has 0 aliphatic rings. The Balaban J connectivity index is 0.000000232. The molecule has 3 rings (SSSR count). The summed E-state index contributed by atoms with van der Waals surface area (Å²) in [6, 6.07) is 12.1. The Morgan fingerprint density at radius 3 is 1.42 bits per heavy atom. The van der Waals surface area contributed by atoms with Crippen LogP contribution in [0.1, 0.15) is 0 Å². The summed E-state index contributed by atoms with van der Waals surface area (Å²) in [7, 11) is 20.1. The van der Waals surface area contributed by atoms with Crippen LogP contribution in [0.4, 0.5) is 0 Å². The topological polar surface area (TPSA) is 25.8 Å². The molecule has 2 aromatic heterocycles. The maximum Gasteiger partial charge on any atom is 0.0964 e. The van der Waals surface area contributed by atoms with Crippen molar-refractivity contribution in [1.82, 2.24) is 9.97 Å². The third kappa shape index (κ3) is 4.76. The first-order valence-electron chi connectivity index (χ1n) is 5.21. The van der Waals surface area contributed by atoms with Crippen molar-refractivity contribution in [2.45, 2.75) is 0 Å². The van der Waals surface area contributed by atoms with E-state index in [0.717, 1.165) is 21.8 Å². The predicted octanol–water partition coefficient (Wildman–Crippen LogP) is 5.54. The zero-order valence-electron chi connectivity index (χ0n) is 9.47. The van der Waals surface area contributed by atoms with Crippen molar-refractivity contribution in [3.8, 4) is 0 Å². The van der Waals surface area contributed by atoms with Crippen molar-refractivity contribution in [3.63, 3.8) is 0 Å². The van der Waals surface area contributed by atoms with Gasteiger partial charge in [0.1, 0.15) is 0 Å². The molecule has 2 heterocycles. The van der Waals surface area contributed by atoms with Crippen LogP contribution in [0.2, 0.25) is 0 Å². The number of pyridine rings is 2. The maximum absolute atomic E-state index is 5.03. The molecule has 0 N–H and O–H groups in total. The Morgan fingerprint density at radius 1 is 0.684 bits per heavy atom. The van der Waals surface area contributed by atoms with Crippen molar-refractivity contribution in [1.29, 1.82) is 0 Å². The van der Waals surface area contributed by atoms with E-state index in [-0.39, 0.29) is 0 Å². The molecule has 19 heavy (non-hydrogen) atoms. The second kappa shape index (κ2) is 6.59. The van der Waals surface area contributed by atoms with Crippen molar-refractivity contribution in [2.24, 2.45) is 0 Å². The van der Waals surface area contributed by atoms with Gasteiger partial charge in [-0.15, -0.1) is 0 Å². The average Bonchev–Trinajstić information content (AvgIpc) is 2.37. The van der Waals surface area contributed by atoms with Crippen LogP contribution in [0.15, 0.2) is 48.8 Å². The molecule has 0 aliphatic carbocycles. The summed E-state index contributed by atoms with van der Waals surface area (Å²) < 4.78 is 0. The summed E-state index contributed by atoms with van der Waals surface area (Å²) in [5.41, 5.74) is 1.95. The van der Waals surface area contributed by atoms with E-state index in [1.54, 1.807) is 12.4 Å². The molecule has 0 unspecified atom stereocenters. The van der Waals surface area contributed by atoms with Crippen LogP contribution < -0.4 is 0 Å². The average molecular weight is 415 g/mol. The molecule has 2 nitrogen and oxygen atoms in total. The molecule has 0 saturated carbocycles. The molecule has 0 amide bonds. The number of benzene rings is 1. The summed E-state index contributed by atoms with van der Waals surface area (Å²) in [5.74, 6) is 0. The van der Waals surface area contributed by atoms with E-state index in [1.807, 2.05) is 12.1 Å². The van der Waals surface area contributed by atoms with Gasteiger partial charge in [-0.3, -0.25) is 9.97 Å². The summed E-state index contributed by atoms with van der Waals surface area (Å²) >= 11 is -3.21. The Kier molecular flexibility index (Phi) is 5.32. The van der Waals surface area contributed by atoms with Crippen molar-refractivity contribution in [3.05, 3.63) is 48.8 Å². The smallest absolute Gasteiger partial charge is 0.0964 e. The number of halogens is 4. The standard InChI is InChI=1S/C12H8N2.4ClH.Nb/c1-3-9-5-6-10-4-2-8-14-12(10)11(9)13-7-1;;;;;/h1-8H;4*1H;/q;;;;;+4/p-4. The van der Waals surface area contributed by atoms with Crippen LogP contribution in [0.3, 0.4) is 0 Å². The zero-order valence-corrected chi connectivity index (χ0v) is 14.7. The number of aromatic nitrogens is 2. The molecule has 0 bridgehead atoms. The number of rotatable bonds is 0. The van der Waals surface area contributed by atoms with Crippen LogP contribution in [0.5, 0.6) is 0 Å². The minimum absolute atomic E-state index is 0.977. The van der Waals surface area contributed by atoms with Gasteiger partial charge in [-0.25, -0.2) is 0 Å². The molecule has 0 spiro atoms. The fourth-order valence-corrected chi connectivity index (χ4v) is 1.68. The fourth-order valence-electron chi connectivity index (χ4n) is 1.68. The third-order valence-electron chi connectivity index (χ3n) is 2.34. The summed E-state index contributed by atoms with van der Waals surface area (Å²) in [6.45, 7) is 0. The number of hydrogen-bond donors (Lipinski definition) is 0. The molecular weight excluding hydrogens is 407 g/mol. The van der Waals surface area contributed by atoms with Gasteiger partial charge >= 0.3 is 49.6 Å². The van der Waals surface area contributed by atoms with Gasteiger partial charge in [0, 0.05) is 23.2 Å². The summed E-state index contributed by atoms with van der Waals surface area (Å²) in [5, 5.41) is 2.28. The van der Waals surface area contributed by atoms with E-state index in [4.69, 9.17) is 36.8 Å². The number of hydrogen-bond acceptors (Lipinski definition) is 2. The van der Waals surface area contributed by atoms with E-state index in [9.17, 15) is 0 Å². The Bertz CT molecular complexity index is 639. The van der Waals surface area contributed by atoms with Gasteiger partial charge < -0.3 is 0 Å². The first-order valence-corrected chi connectivity index (χ1v) is 16.5. The zero-order chi connectivity index (χ0) is 13.9. The molecule has 0 atom stereocenters. The summed E-state index contributed by atoms with van der Waals surface area (Å²) in [6.07, 6.45) is 3.60. The normalized spacial score (nSPS) is 11.2. The Hall–Kier alpha value is -0.0597. The summed E-state index contributed by atoms with van der Waals surface area (Å²) in [4.78, 5) is 8.69. The molecule has 99 valence electrons. The molecule has 0 saturated heterocycles. The van der Waals surface area contributed by atoms with E-state index in [2.05, 4.69) is 34.2 Å². The van der Waals surface area contributed by atoms with Gasteiger partial charge in [0.2, 0.25) is 0 Å². The van der Waals surface area contributed by atoms with Crippen LogP contribution in [0.25, 0.3) is 21.8 Å². The van der Waals surface area contributed by atoms with Gasteiger partial charge in [0.25, 0.3) is 0 Å². The van der Waals surface area contributed by atoms with Crippen LogP contribution >= 0.6 is 36.8 Å². The molecule has 0 radical (unpaired) electrons. The van der Waals surface area contributed by atoms with Gasteiger partial charge in [-0.2, -0.15) is 0 Å². The minimum Gasteiger partial charge on any atom is -0.254 e. The first kappa shape index (κ1) is 15.3. The van der Waals surface area contributed by atoms with Crippen LogP contribution in [-0.2, 0) is 12.8 Å². The minimum atomic E-state index is -3.21. The van der Waals surface area contributed by atoms with E-state index in [1.165, 1.54) is 0 Å². The fraction of sp³-hybridized carbons (Fsp3) is 0. The monoisotopic (exact) mass is 413 g/mol. The van der Waals surface area contributed by atoms with Crippen molar-refractivity contribution >= 4 is 58.6 Å². The molecule has 0 fully saturated rings. The number of fused-ring (bicyclic) bond motifs is 3. The molecule has 7 heteroatoms. The largest absolute Gasteiger partial charge is 0.254 e. The quantitative estimate of drug-likeness (QED) is 0.356. The van der Waals surface area contributed by atoms with E-state index in [0.29, 0.717) is 0 Å². The van der Waals surface area contributed by atoms with Crippen molar-refractivity contribution < 1.29 is 12.8 Å². The van der Waals surface area contributed by atoms with Gasteiger partial charge in [0.15, 0.2) is 0 Å². The van der Waals surface area contributed by atoms with Crippen LogP contribution in [0, 0.1) is 0 Å². The van der Waals surface area contributed by atoms with Crippen LogP contribution in [-0.4, -0.2) is 9.97 Å². The van der Waals surface area contributed by atoms with E-state index >= 15 is 0 Å². The van der Waals surface area contributed by atoms with Gasteiger partial charge in [0.05, 0.1) is 11.0 Å². The SMILES string of the molecule is [Cl][Nb]([Cl])([Cl])[Cl].c1cnc2c(c1)ccc1cccnc12. The molecular formula is C12H8Cl4N2Nb. The molecule has 0 aliphatic heterocycles. The van der Waals surface area contributed by atoms with E-state index < -0.39 is 12.8 Å². The van der Waals surface area contributed by atoms with Gasteiger partial charge in [-0.1, -0.05) is 24.3 Å². The first-order chi connectivity index (χ1) is 8.95. The third-order valence-corrected chi connectivity index (χ3v) is 2.34. The maximum atomic E-state index is 5.03. The Labute approximate surface area is 129 Å².